The van der Waals surface area contributed by atoms with Crippen LogP contribution in [0.5, 0.6) is 17.2 Å². The van der Waals surface area contributed by atoms with E-state index in [0.717, 1.165) is 16.7 Å². The van der Waals surface area contributed by atoms with Gasteiger partial charge in [0.1, 0.15) is 11.9 Å². The van der Waals surface area contributed by atoms with Crippen LogP contribution >= 0.6 is 0 Å². The Kier molecular flexibility index (Phi) is 9.73. The smallest absolute Gasteiger partial charge is 0.258 e. The van der Waals surface area contributed by atoms with Crippen molar-refractivity contribution in [3.63, 3.8) is 0 Å². The minimum atomic E-state index is -0.425. The number of aryl methyl sites for hydroxylation is 1. The SMILES string of the molecule is COc1cc2ccc1OCC(=O)NCc1ccc(cc1)O[C@H]1CN(C(=O)CN(C)Cc3ccncc3)C[C@@H]1NC(=O)CC2. The van der Waals surface area contributed by atoms with Gasteiger partial charge in [0.15, 0.2) is 18.1 Å². The number of rotatable bonds is 5. The van der Waals surface area contributed by atoms with E-state index in [-0.39, 0.29) is 43.3 Å². The number of pyridine rings is 1. The van der Waals surface area contributed by atoms with Gasteiger partial charge >= 0.3 is 0 Å². The average Bonchev–Trinajstić information content (AvgIpc) is 3.40. The Morgan fingerprint density at radius 1 is 1.02 bits per heavy atom. The molecule has 3 amide bonds. The van der Waals surface area contributed by atoms with E-state index in [1.807, 2.05) is 60.5 Å². The van der Waals surface area contributed by atoms with E-state index in [0.29, 0.717) is 49.8 Å². The average molecular weight is 588 g/mol. The zero-order valence-corrected chi connectivity index (χ0v) is 24.5. The monoisotopic (exact) mass is 587 g/mol. The standard InChI is InChI=1S/C32H37N5O6/c1-36(17-24-11-13-33-14-12-24)20-32(40)37-18-26-29(19-37)43-25-7-3-23(4-8-25)16-34-31(39)21-42-27-9-5-22(15-28(27)41-2)6-10-30(38)35-26/h3-5,7-9,11-15,26,29H,6,10,16-21H2,1-2H3,(H,34,39)(H,35,38)/t26-,29-/m0/s1. The third-order valence-corrected chi connectivity index (χ3v) is 7.50. The first-order chi connectivity index (χ1) is 20.9. The molecule has 3 aromatic rings. The summed E-state index contributed by atoms with van der Waals surface area (Å²) in [6, 6.07) is 16.3. The minimum absolute atomic E-state index is 0.0343. The summed E-state index contributed by atoms with van der Waals surface area (Å²) in [7, 11) is 3.44. The van der Waals surface area contributed by atoms with E-state index in [1.165, 1.54) is 7.11 Å². The second-order valence-electron chi connectivity index (χ2n) is 10.9. The van der Waals surface area contributed by atoms with Crippen LogP contribution in [0.4, 0.5) is 0 Å². The molecule has 1 aromatic heterocycles. The van der Waals surface area contributed by atoms with Gasteiger partial charge in [-0.1, -0.05) is 18.2 Å². The summed E-state index contributed by atoms with van der Waals surface area (Å²) in [5.41, 5.74) is 2.86. The Balaban J connectivity index is 1.30. The molecule has 0 saturated carbocycles. The Morgan fingerprint density at radius 2 is 1.79 bits per heavy atom. The van der Waals surface area contributed by atoms with Gasteiger partial charge in [-0.3, -0.25) is 24.3 Å². The molecule has 4 bridgehead atoms. The highest BCUT2D eigenvalue weighted by atomic mass is 16.5. The number of amides is 3. The Labute approximate surface area is 251 Å². The molecule has 6 heterocycles. The van der Waals surface area contributed by atoms with Crippen molar-refractivity contribution in [3.8, 4) is 17.2 Å². The maximum absolute atomic E-state index is 13.3. The van der Waals surface area contributed by atoms with E-state index in [9.17, 15) is 14.4 Å². The van der Waals surface area contributed by atoms with Gasteiger partial charge in [0.05, 0.1) is 26.2 Å². The van der Waals surface area contributed by atoms with Crippen LogP contribution < -0.4 is 24.8 Å². The van der Waals surface area contributed by atoms with Gasteiger partial charge in [0, 0.05) is 38.4 Å². The van der Waals surface area contributed by atoms with Crippen molar-refractivity contribution in [2.45, 2.75) is 38.1 Å². The number of hydrogen-bond acceptors (Lipinski definition) is 8. The van der Waals surface area contributed by atoms with Gasteiger partial charge in [0.25, 0.3) is 5.91 Å². The molecule has 2 aromatic carbocycles. The first-order valence-electron chi connectivity index (χ1n) is 14.3. The highest BCUT2D eigenvalue weighted by Crippen LogP contribution is 2.29. The number of likely N-dealkylation sites (tertiary alicyclic amines) is 1. The number of nitrogens with zero attached hydrogens (tertiary/aromatic N) is 3. The maximum Gasteiger partial charge on any atom is 0.258 e. The summed E-state index contributed by atoms with van der Waals surface area (Å²) in [5, 5.41) is 5.97. The molecule has 8 rings (SSSR count). The van der Waals surface area contributed by atoms with Gasteiger partial charge in [-0.25, -0.2) is 0 Å². The lowest BCUT2D eigenvalue weighted by atomic mass is 10.1. The summed E-state index contributed by atoms with van der Waals surface area (Å²) < 4.78 is 17.5. The number of aromatic nitrogens is 1. The predicted octanol–water partition coefficient (Wildman–Crippen LogP) is 1.94. The molecule has 5 aliphatic rings. The molecule has 0 aliphatic carbocycles. The number of benzene rings is 2. The third kappa shape index (κ3) is 8.23. The van der Waals surface area contributed by atoms with Gasteiger partial charge < -0.3 is 29.7 Å². The highest BCUT2D eigenvalue weighted by Gasteiger charge is 2.38. The normalized spacial score (nSPS) is 19.2. The van der Waals surface area contributed by atoms with E-state index < -0.39 is 6.10 Å². The Morgan fingerprint density at radius 3 is 2.56 bits per heavy atom. The van der Waals surface area contributed by atoms with E-state index in [1.54, 1.807) is 23.4 Å². The van der Waals surface area contributed by atoms with Gasteiger partial charge in [0.2, 0.25) is 11.8 Å². The summed E-state index contributed by atoms with van der Waals surface area (Å²) in [5.74, 6) is 1.13. The van der Waals surface area contributed by atoms with E-state index >= 15 is 0 Å². The van der Waals surface area contributed by atoms with Crippen LogP contribution in [0.2, 0.25) is 0 Å². The molecule has 0 radical (unpaired) electrons. The van der Waals surface area contributed by atoms with Crippen molar-refractivity contribution in [1.82, 2.24) is 25.4 Å². The third-order valence-electron chi connectivity index (χ3n) is 7.50. The zero-order valence-electron chi connectivity index (χ0n) is 24.5. The number of carbonyl (C=O) groups is 3. The highest BCUT2D eigenvalue weighted by molar-refractivity contribution is 5.80. The number of methoxy groups -OCH3 is 1. The zero-order chi connectivity index (χ0) is 30.2. The molecular formula is C32H37N5O6. The van der Waals surface area contributed by atoms with Crippen LogP contribution in [0, 0.1) is 0 Å². The lowest BCUT2D eigenvalue weighted by molar-refractivity contribution is -0.131. The van der Waals surface area contributed by atoms with Crippen molar-refractivity contribution in [3.05, 3.63) is 83.7 Å². The van der Waals surface area contributed by atoms with Crippen molar-refractivity contribution < 1.29 is 28.6 Å². The van der Waals surface area contributed by atoms with Crippen LogP contribution in [0.3, 0.4) is 0 Å². The predicted molar refractivity (Wildman–Crippen MR) is 159 cm³/mol. The molecule has 1 fully saturated rings. The fraction of sp³-hybridized carbons (Fsp3) is 0.375. The molecule has 0 spiro atoms. The second-order valence-corrected chi connectivity index (χ2v) is 10.9. The number of likely N-dealkylation sites (N-methyl/N-ethyl adjacent to an activating group) is 1. The molecular weight excluding hydrogens is 550 g/mol. The minimum Gasteiger partial charge on any atom is -0.493 e. The Bertz CT molecular complexity index is 1420. The second kappa shape index (κ2) is 14.0. The quantitative estimate of drug-likeness (QED) is 0.465. The van der Waals surface area contributed by atoms with Crippen molar-refractivity contribution in [1.29, 1.82) is 0 Å². The largest absolute Gasteiger partial charge is 0.493 e. The van der Waals surface area contributed by atoms with Crippen LogP contribution in [-0.2, 0) is 33.9 Å². The molecule has 5 aliphatic heterocycles. The van der Waals surface area contributed by atoms with Gasteiger partial charge in [-0.05, 0) is 66.6 Å². The summed E-state index contributed by atoms with van der Waals surface area (Å²) in [6.07, 6.45) is 3.77. The van der Waals surface area contributed by atoms with E-state index in [4.69, 9.17) is 14.2 Å². The summed E-state index contributed by atoms with van der Waals surface area (Å²) in [4.78, 5) is 46.5. The Hall–Kier alpha value is -4.64. The molecule has 11 heteroatoms. The van der Waals surface area contributed by atoms with Gasteiger partial charge in [-0.2, -0.15) is 0 Å². The van der Waals surface area contributed by atoms with E-state index in [2.05, 4.69) is 15.6 Å². The van der Waals surface area contributed by atoms with Gasteiger partial charge in [-0.15, -0.1) is 0 Å². The number of nitrogens with one attached hydrogen (secondary N) is 2. The molecule has 0 unspecified atom stereocenters. The summed E-state index contributed by atoms with van der Waals surface area (Å²) >= 11 is 0. The number of ether oxygens (including phenoxy) is 3. The number of hydrogen-bond donors (Lipinski definition) is 2. The van der Waals surface area contributed by atoms with Crippen molar-refractivity contribution >= 4 is 17.7 Å². The fourth-order valence-electron chi connectivity index (χ4n) is 5.20. The molecule has 226 valence electrons. The lowest BCUT2D eigenvalue weighted by Crippen LogP contribution is -2.45. The fourth-order valence-corrected chi connectivity index (χ4v) is 5.20. The number of carbonyl (C=O) groups excluding carboxylic acids is 3. The molecule has 2 N–H and O–H groups in total. The maximum atomic E-state index is 13.3. The molecule has 2 atom stereocenters. The topological polar surface area (TPSA) is 122 Å². The van der Waals surface area contributed by atoms with Crippen LogP contribution in [0.25, 0.3) is 0 Å². The van der Waals surface area contributed by atoms with Crippen molar-refractivity contribution in [2.24, 2.45) is 0 Å². The lowest BCUT2D eigenvalue weighted by Gasteiger charge is -2.21. The first-order valence-corrected chi connectivity index (χ1v) is 14.3. The summed E-state index contributed by atoms with van der Waals surface area (Å²) in [6.45, 7) is 1.73. The van der Waals surface area contributed by atoms with Crippen molar-refractivity contribution in [2.75, 3.05) is 40.4 Å². The van der Waals surface area contributed by atoms with Crippen LogP contribution in [0.1, 0.15) is 23.1 Å². The van der Waals surface area contributed by atoms with Crippen LogP contribution in [-0.4, -0.2) is 85.0 Å². The molecule has 1 saturated heterocycles. The molecule has 43 heavy (non-hydrogen) atoms. The first kappa shape index (κ1) is 29.8. The van der Waals surface area contributed by atoms with Crippen LogP contribution in [0.15, 0.2) is 67.0 Å². The molecule has 11 nitrogen and oxygen atoms in total.